The minimum Gasteiger partial charge on any atom is -0.313 e. The van der Waals surface area contributed by atoms with Crippen molar-refractivity contribution in [2.75, 3.05) is 7.05 Å². The normalized spacial score (nSPS) is 12.4. The van der Waals surface area contributed by atoms with Gasteiger partial charge in [-0.1, -0.05) is 29.3 Å². The van der Waals surface area contributed by atoms with Gasteiger partial charge < -0.3 is 5.32 Å². The molecule has 1 aromatic heterocycles. The first-order valence-electron chi connectivity index (χ1n) is 7.05. The number of nitrogens with zero attached hydrogens (tertiary/aromatic N) is 2. The summed E-state index contributed by atoms with van der Waals surface area (Å²) in [6.07, 6.45) is 0.963. The molecule has 1 unspecified atom stereocenters. The highest BCUT2D eigenvalue weighted by molar-refractivity contribution is 5.31. The Balaban J connectivity index is 2.31. The molecule has 1 heterocycles. The average molecular weight is 269 g/mol. The number of hydrogen-bond donors (Lipinski definition) is 1. The van der Waals surface area contributed by atoms with E-state index >= 15 is 0 Å². The lowest BCUT2D eigenvalue weighted by molar-refractivity contribution is 0.582. The standard InChI is InChI=1S/C17H23N3/c1-11-6-12(2)8-15(7-11)10-17(18-5)16-9-13(3)19-20-14(16)4/h6-9,17-18H,10H2,1-5H3. The second kappa shape index (κ2) is 6.14. The van der Waals surface area contributed by atoms with Crippen LogP contribution in [-0.2, 0) is 6.42 Å². The van der Waals surface area contributed by atoms with Crippen molar-refractivity contribution in [1.29, 1.82) is 0 Å². The summed E-state index contributed by atoms with van der Waals surface area (Å²) in [4.78, 5) is 0. The topological polar surface area (TPSA) is 37.8 Å². The van der Waals surface area contributed by atoms with Gasteiger partial charge >= 0.3 is 0 Å². The molecule has 0 aliphatic carbocycles. The van der Waals surface area contributed by atoms with E-state index in [2.05, 4.69) is 53.6 Å². The molecule has 1 atom stereocenters. The molecule has 3 heteroatoms. The Hall–Kier alpha value is -1.74. The zero-order valence-electron chi connectivity index (χ0n) is 13.0. The number of hydrogen-bond acceptors (Lipinski definition) is 3. The molecular weight excluding hydrogens is 246 g/mol. The maximum atomic E-state index is 4.23. The van der Waals surface area contributed by atoms with E-state index in [1.807, 2.05) is 20.9 Å². The zero-order chi connectivity index (χ0) is 14.7. The summed E-state index contributed by atoms with van der Waals surface area (Å²) in [5.74, 6) is 0. The van der Waals surface area contributed by atoms with Gasteiger partial charge in [-0.05, 0) is 58.4 Å². The zero-order valence-corrected chi connectivity index (χ0v) is 13.0. The summed E-state index contributed by atoms with van der Waals surface area (Å²) < 4.78 is 0. The Kier molecular flexibility index (Phi) is 4.50. The van der Waals surface area contributed by atoms with E-state index in [4.69, 9.17) is 0 Å². The second-order valence-electron chi connectivity index (χ2n) is 5.57. The number of aromatic nitrogens is 2. The molecule has 0 aliphatic rings. The van der Waals surface area contributed by atoms with E-state index in [1.165, 1.54) is 22.3 Å². The largest absolute Gasteiger partial charge is 0.313 e. The highest BCUT2D eigenvalue weighted by atomic mass is 15.1. The molecule has 0 spiro atoms. The predicted octanol–water partition coefficient (Wildman–Crippen LogP) is 3.21. The number of aryl methyl sites for hydroxylation is 4. The van der Waals surface area contributed by atoms with Crippen molar-refractivity contribution in [2.45, 2.75) is 40.2 Å². The van der Waals surface area contributed by atoms with Crippen LogP contribution >= 0.6 is 0 Å². The molecule has 2 aromatic rings. The van der Waals surface area contributed by atoms with E-state index in [-0.39, 0.29) is 6.04 Å². The van der Waals surface area contributed by atoms with E-state index in [0.717, 1.165) is 17.8 Å². The lowest BCUT2D eigenvalue weighted by Gasteiger charge is -2.19. The van der Waals surface area contributed by atoms with E-state index in [1.54, 1.807) is 0 Å². The summed E-state index contributed by atoms with van der Waals surface area (Å²) in [5, 5.41) is 11.8. The van der Waals surface area contributed by atoms with Crippen LogP contribution in [0.5, 0.6) is 0 Å². The van der Waals surface area contributed by atoms with Crippen molar-refractivity contribution in [3.05, 3.63) is 57.9 Å². The van der Waals surface area contributed by atoms with Crippen LogP contribution in [0.4, 0.5) is 0 Å². The van der Waals surface area contributed by atoms with Crippen LogP contribution in [0.25, 0.3) is 0 Å². The molecule has 0 radical (unpaired) electrons. The van der Waals surface area contributed by atoms with Crippen LogP contribution in [0, 0.1) is 27.7 Å². The molecule has 0 fully saturated rings. The van der Waals surface area contributed by atoms with E-state index in [9.17, 15) is 0 Å². The van der Waals surface area contributed by atoms with E-state index in [0.29, 0.717) is 0 Å². The van der Waals surface area contributed by atoms with E-state index < -0.39 is 0 Å². The van der Waals surface area contributed by atoms with Crippen LogP contribution in [0.2, 0.25) is 0 Å². The van der Waals surface area contributed by atoms with Crippen molar-refractivity contribution < 1.29 is 0 Å². The summed E-state index contributed by atoms with van der Waals surface area (Å²) in [7, 11) is 2.00. The van der Waals surface area contributed by atoms with Crippen molar-refractivity contribution in [3.63, 3.8) is 0 Å². The minimum absolute atomic E-state index is 0.269. The molecule has 106 valence electrons. The van der Waals surface area contributed by atoms with Gasteiger partial charge in [0.15, 0.2) is 0 Å². The maximum Gasteiger partial charge on any atom is 0.0648 e. The molecule has 0 amide bonds. The second-order valence-corrected chi connectivity index (χ2v) is 5.57. The third-order valence-corrected chi connectivity index (χ3v) is 3.59. The summed E-state index contributed by atoms with van der Waals surface area (Å²) in [6, 6.07) is 9.13. The fourth-order valence-corrected chi connectivity index (χ4v) is 2.71. The highest BCUT2D eigenvalue weighted by Crippen LogP contribution is 2.22. The predicted molar refractivity (Wildman–Crippen MR) is 82.9 cm³/mol. The van der Waals surface area contributed by atoms with Gasteiger partial charge in [-0.3, -0.25) is 0 Å². The summed E-state index contributed by atoms with van der Waals surface area (Å²) in [6.45, 7) is 8.30. The summed E-state index contributed by atoms with van der Waals surface area (Å²) >= 11 is 0. The SMILES string of the molecule is CNC(Cc1cc(C)cc(C)c1)c1cc(C)nnc1C. The molecular formula is C17H23N3. The Morgan fingerprint density at radius 2 is 1.60 bits per heavy atom. The number of nitrogens with one attached hydrogen (secondary N) is 1. The monoisotopic (exact) mass is 269 g/mol. The van der Waals surface area contributed by atoms with Crippen molar-refractivity contribution in [1.82, 2.24) is 15.5 Å². The Morgan fingerprint density at radius 1 is 0.950 bits per heavy atom. The van der Waals surface area contributed by atoms with Gasteiger partial charge in [0.25, 0.3) is 0 Å². The molecule has 0 aliphatic heterocycles. The summed E-state index contributed by atoms with van der Waals surface area (Å²) in [5.41, 5.74) is 7.19. The minimum atomic E-state index is 0.269. The number of benzene rings is 1. The Bertz CT molecular complexity index is 585. The molecule has 0 saturated heterocycles. The van der Waals surface area contributed by atoms with Crippen molar-refractivity contribution in [2.24, 2.45) is 0 Å². The van der Waals surface area contributed by atoms with Gasteiger partial charge in [-0.25, -0.2) is 0 Å². The Labute approximate surface area is 121 Å². The molecule has 3 nitrogen and oxygen atoms in total. The van der Waals surface area contributed by atoms with Crippen molar-refractivity contribution in [3.8, 4) is 0 Å². The van der Waals surface area contributed by atoms with Crippen LogP contribution in [-0.4, -0.2) is 17.2 Å². The molecule has 2 rings (SSSR count). The lowest BCUT2D eigenvalue weighted by atomic mass is 9.96. The maximum absolute atomic E-state index is 4.23. The molecule has 20 heavy (non-hydrogen) atoms. The number of likely N-dealkylation sites (N-methyl/N-ethyl adjacent to an activating group) is 1. The van der Waals surface area contributed by atoms with Gasteiger partial charge in [0, 0.05) is 6.04 Å². The molecule has 0 bridgehead atoms. The average Bonchev–Trinajstić information content (AvgIpc) is 2.38. The van der Waals surface area contributed by atoms with Crippen LogP contribution in [0.3, 0.4) is 0 Å². The first kappa shape index (κ1) is 14.7. The van der Waals surface area contributed by atoms with Crippen LogP contribution in [0.1, 0.15) is 39.7 Å². The fourth-order valence-electron chi connectivity index (χ4n) is 2.71. The molecule has 0 saturated carbocycles. The van der Waals surface area contributed by atoms with Gasteiger partial charge in [0.2, 0.25) is 0 Å². The number of rotatable bonds is 4. The lowest BCUT2D eigenvalue weighted by Crippen LogP contribution is -2.21. The molecule has 1 N–H and O–H groups in total. The van der Waals surface area contributed by atoms with Gasteiger partial charge in [-0.2, -0.15) is 10.2 Å². The molecule has 1 aromatic carbocycles. The third kappa shape index (κ3) is 3.42. The Morgan fingerprint density at radius 3 is 2.20 bits per heavy atom. The van der Waals surface area contributed by atoms with Gasteiger partial charge in [0.1, 0.15) is 0 Å². The fraction of sp³-hybridized carbons (Fsp3) is 0.412. The van der Waals surface area contributed by atoms with Gasteiger partial charge in [-0.15, -0.1) is 0 Å². The first-order chi connectivity index (χ1) is 9.49. The third-order valence-electron chi connectivity index (χ3n) is 3.59. The smallest absolute Gasteiger partial charge is 0.0648 e. The van der Waals surface area contributed by atoms with Gasteiger partial charge in [0.05, 0.1) is 11.4 Å². The van der Waals surface area contributed by atoms with Crippen LogP contribution < -0.4 is 5.32 Å². The van der Waals surface area contributed by atoms with Crippen LogP contribution in [0.15, 0.2) is 24.3 Å². The highest BCUT2D eigenvalue weighted by Gasteiger charge is 2.14. The first-order valence-corrected chi connectivity index (χ1v) is 7.05. The van der Waals surface area contributed by atoms with Crippen molar-refractivity contribution >= 4 is 0 Å². The quantitative estimate of drug-likeness (QED) is 0.926.